The van der Waals surface area contributed by atoms with Gasteiger partial charge in [0.15, 0.2) is 9.84 Å². The van der Waals surface area contributed by atoms with E-state index in [4.69, 9.17) is 0 Å². The lowest BCUT2D eigenvalue weighted by Crippen LogP contribution is -2.54. The maximum atomic E-state index is 13.9. The molecular formula is C21H29F5N2O4S. The van der Waals surface area contributed by atoms with E-state index in [0.29, 0.717) is 12.8 Å². The molecular weight excluding hydrogens is 471 g/mol. The minimum atomic E-state index is -4.92. The lowest BCUT2D eigenvalue weighted by atomic mass is 10.0. The number of aliphatic hydroxyl groups excluding tert-OH is 1. The molecule has 0 saturated heterocycles. The van der Waals surface area contributed by atoms with Crippen LogP contribution in [0.3, 0.4) is 0 Å². The maximum absolute atomic E-state index is 13.9. The molecule has 1 aliphatic carbocycles. The fourth-order valence-corrected chi connectivity index (χ4v) is 5.25. The average Bonchev–Trinajstić information content (AvgIpc) is 3.39. The van der Waals surface area contributed by atoms with E-state index in [9.17, 15) is 40.3 Å². The van der Waals surface area contributed by atoms with E-state index in [1.54, 1.807) is 20.8 Å². The third kappa shape index (κ3) is 8.18. The number of nitrogens with one attached hydrogen (secondary N) is 2. The third-order valence-electron chi connectivity index (χ3n) is 5.29. The Kier molecular flexibility index (Phi) is 8.51. The smallest absolute Gasteiger partial charge is 0.382 e. The van der Waals surface area contributed by atoms with Gasteiger partial charge in [-0.15, -0.1) is 0 Å². The van der Waals surface area contributed by atoms with Crippen molar-refractivity contribution in [3.8, 4) is 0 Å². The van der Waals surface area contributed by atoms with Gasteiger partial charge in [-0.05, 0) is 36.8 Å². The minimum absolute atomic E-state index is 0.273. The first-order valence-corrected chi connectivity index (χ1v) is 12.3. The molecule has 1 aromatic carbocycles. The van der Waals surface area contributed by atoms with Crippen molar-refractivity contribution in [3.05, 3.63) is 35.4 Å². The predicted molar refractivity (Wildman–Crippen MR) is 112 cm³/mol. The second-order valence-corrected chi connectivity index (χ2v) is 11.3. The van der Waals surface area contributed by atoms with Crippen LogP contribution in [0.4, 0.5) is 22.0 Å². The highest BCUT2D eigenvalue weighted by molar-refractivity contribution is 7.91. The lowest BCUT2D eigenvalue weighted by Gasteiger charge is -2.28. The zero-order valence-electron chi connectivity index (χ0n) is 18.5. The highest BCUT2D eigenvalue weighted by Crippen LogP contribution is 2.36. The highest BCUT2D eigenvalue weighted by atomic mass is 32.2. The first-order chi connectivity index (χ1) is 15.0. The van der Waals surface area contributed by atoms with Crippen LogP contribution in [0.1, 0.15) is 56.9 Å². The van der Waals surface area contributed by atoms with Crippen molar-refractivity contribution in [1.29, 1.82) is 0 Å². The van der Waals surface area contributed by atoms with Gasteiger partial charge in [-0.25, -0.2) is 17.2 Å². The number of alkyl halides is 5. The normalized spacial score (nSPS) is 18.8. The van der Waals surface area contributed by atoms with Crippen LogP contribution >= 0.6 is 0 Å². The molecule has 1 amide bonds. The summed E-state index contributed by atoms with van der Waals surface area (Å²) < 4.78 is 92.0. The number of halogens is 5. The molecule has 12 heteroatoms. The molecule has 33 heavy (non-hydrogen) atoms. The number of rotatable bonds is 11. The van der Waals surface area contributed by atoms with Gasteiger partial charge in [0.05, 0.1) is 11.5 Å². The summed E-state index contributed by atoms with van der Waals surface area (Å²) >= 11 is 0. The van der Waals surface area contributed by atoms with Crippen molar-refractivity contribution in [2.24, 2.45) is 5.92 Å². The Morgan fingerprint density at radius 1 is 1.09 bits per heavy atom. The van der Waals surface area contributed by atoms with E-state index in [1.165, 1.54) is 0 Å². The molecule has 1 aromatic rings. The molecule has 188 valence electrons. The molecule has 0 aromatic heterocycles. The molecule has 1 saturated carbocycles. The molecule has 6 nitrogen and oxygen atoms in total. The van der Waals surface area contributed by atoms with E-state index >= 15 is 0 Å². The number of benzene rings is 1. The fourth-order valence-electron chi connectivity index (χ4n) is 3.34. The van der Waals surface area contributed by atoms with Crippen molar-refractivity contribution in [3.63, 3.8) is 0 Å². The SMILES string of the molecule is CC(C)CS(=O)(=O)CC(NC(c1ccc(C(O)C(F)F)cc1)C(F)(F)F)C(=O)NC1(C)CC1. The topological polar surface area (TPSA) is 95.5 Å². The number of aliphatic hydroxyl groups is 1. The fraction of sp³-hybridized carbons (Fsp3) is 0.667. The van der Waals surface area contributed by atoms with E-state index in [-0.39, 0.29) is 17.2 Å². The zero-order valence-corrected chi connectivity index (χ0v) is 19.3. The number of carbonyl (C=O) groups is 1. The summed E-state index contributed by atoms with van der Waals surface area (Å²) in [5, 5.41) is 14.1. The van der Waals surface area contributed by atoms with E-state index in [0.717, 1.165) is 24.3 Å². The largest absolute Gasteiger partial charge is 0.407 e. The predicted octanol–water partition coefficient (Wildman–Crippen LogP) is 3.29. The number of carbonyl (C=O) groups excluding carboxylic acids is 1. The molecule has 0 aliphatic heterocycles. The summed E-state index contributed by atoms with van der Waals surface area (Å²) in [4.78, 5) is 12.8. The van der Waals surface area contributed by atoms with Crippen LogP contribution in [0, 0.1) is 5.92 Å². The van der Waals surface area contributed by atoms with Crippen LogP contribution < -0.4 is 10.6 Å². The van der Waals surface area contributed by atoms with Crippen molar-refractivity contribution >= 4 is 15.7 Å². The Morgan fingerprint density at radius 3 is 2.03 bits per heavy atom. The van der Waals surface area contributed by atoms with Crippen LogP contribution in [0.5, 0.6) is 0 Å². The summed E-state index contributed by atoms with van der Waals surface area (Å²) in [5.74, 6) is -2.28. The average molecular weight is 501 g/mol. The maximum Gasteiger partial charge on any atom is 0.407 e. The first-order valence-electron chi connectivity index (χ1n) is 10.4. The monoisotopic (exact) mass is 500 g/mol. The van der Waals surface area contributed by atoms with Gasteiger partial charge in [0.25, 0.3) is 6.43 Å². The van der Waals surface area contributed by atoms with Gasteiger partial charge in [0.2, 0.25) is 5.91 Å². The van der Waals surface area contributed by atoms with E-state index < -0.39 is 63.4 Å². The molecule has 3 unspecified atom stereocenters. The Morgan fingerprint density at radius 2 is 1.61 bits per heavy atom. The van der Waals surface area contributed by atoms with Crippen LogP contribution in [0.25, 0.3) is 0 Å². The molecule has 0 radical (unpaired) electrons. The van der Waals surface area contributed by atoms with Gasteiger partial charge in [-0.1, -0.05) is 38.1 Å². The summed E-state index contributed by atoms with van der Waals surface area (Å²) in [6.07, 6.45) is -8.94. The van der Waals surface area contributed by atoms with Crippen LogP contribution in [0.2, 0.25) is 0 Å². The molecule has 0 heterocycles. The second-order valence-electron chi connectivity index (χ2n) is 9.16. The molecule has 0 spiro atoms. The quantitative estimate of drug-likeness (QED) is 0.406. The van der Waals surface area contributed by atoms with E-state index in [2.05, 4.69) is 10.6 Å². The summed E-state index contributed by atoms with van der Waals surface area (Å²) in [6.45, 7) is 4.98. The van der Waals surface area contributed by atoms with Gasteiger partial charge >= 0.3 is 6.18 Å². The second kappa shape index (κ2) is 10.2. The Bertz CT molecular complexity index is 916. The molecule has 1 aliphatic rings. The molecule has 0 bridgehead atoms. The number of hydrogen-bond donors (Lipinski definition) is 3. The van der Waals surface area contributed by atoms with E-state index in [1.807, 2.05) is 0 Å². The zero-order chi connectivity index (χ0) is 25.2. The summed E-state index contributed by atoms with van der Waals surface area (Å²) in [5.41, 5.74) is -1.27. The van der Waals surface area contributed by atoms with Gasteiger partial charge < -0.3 is 10.4 Å². The van der Waals surface area contributed by atoms with Crippen molar-refractivity contribution < 1.29 is 40.3 Å². The summed E-state index contributed by atoms with van der Waals surface area (Å²) in [6, 6.07) is -0.445. The molecule has 3 N–H and O–H groups in total. The number of amides is 1. The van der Waals surface area contributed by atoms with Crippen molar-refractivity contribution in [1.82, 2.24) is 10.6 Å². The number of hydrogen-bond acceptors (Lipinski definition) is 5. The lowest BCUT2D eigenvalue weighted by molar-refractivity contribution is -0.160. The summed E-state index contributed by atoms with van der Waals surface area (Å²) in [7, 11) is -3.87. The van der Waals surface area contributed by atoms with Crippen LogP contribution in [0.15, 0.2) is 24.3 Å². The van der Waals surface area contributed by atoms with Crippen molar-refractivity contribution in [2.75, 3.05) is 11.5 Å². The van der Waals surface area contributed by atoms with Gasteiger partial charge in [-0.2, -0.15) is 13.2 Å². The standard InChI is InChI=1S/C21H29F5N2O4S/c1-12(2)10-33(31,32)11-15(19(30)28-20(3)8-9-20)27-17(21(24,25)26)14-6-4-13(5-7-14)16(29)18(22)23/h4-7,12,15-18,27,29H,8-11H2,1-3H3,(H,28,30). The Labute approximate surface area is 189 Å². The van der Waals surface area contributed by atoms with Gasteiger partial charge in [-0.3, -0.25) is 10.1 Å². The first kappa shape index (κ1) is 27.5. The van der Waals surface area contributed by atoms with Crippen LogP contribution in [-0.4, -0.2) is 55.1 Å². The minimum Gasteiger partial charge on any atom is -0.382 e. The molecule has 3 atom stereocenters. The van der Waals surface area contributed by atoms with Crippen LogP contribution in [-0.2, 0) is 14.6 Å². The van der Waals surface area contributed by atoms with Gasteiger partial charge in [0, 0.05) is 5.54 Å². The molecule has 2 rings (SSSR count). The Hall–Kier alpha value is -1.79. The van der Waals surface area contributed by atoms with Crippen molar-refractivity contribution in [2.45, 2.75) is 69.9 Å². The van der Waals surface area contributed by atoms with Gasteiger partial charge in [0.1, 0.15) is 18.2 Å². The highest BCUT2D eigenvalue weighted by Gasteiger charge is 2.45. The molecule has 1 fully saturated rings. The third-order valence-corrected chi connectivity index (χ3v) is 7.31. The Balaban J connectivity index is 2.34. The number of sulfone groups is 1.